The number of aryl methyl sites for hydroxylation is 2. The van der Waals surface area contributed by atoms with Gasteiger partial charge in [0.2, 0.25) is 0 Å². The summed E-state index contributed by atoms with van der Waals surface area (Å²) in [6.07, 6.45) is 2.55. The Hall–Kier alpha value is -0.450. The number of aromatic nitrogens is 1. The number of nitrogens with one attached hydrogen (secondary N) is 1. The molecule has 0 aromatic carbocycles. The molecule has 2 rings (SSSR count). The number of piperidine rings is 1. The Bertz CT molecular complexity index is 336. The summed E-state index contributed by atoms with van der Waals surface area (Å²) >= 11 is 1.85. The third-order valence-electron chi connectivity index (χ3n) is 3.64. The normalized spacial score (nSPS) is 17.9. The van der Waals surface area contributed by atoms with Gasteiger partial charge in [0.25, 0.3) is 0 Å². The lowest BCUT2D eigenvalue weighted by molar-refractivity contribution is 0.162. The Kier molecular flexibility index (Phi) is 4.54. The summed E-state index contributed by atoms with van der Waals surface area (Å²) in [6.45, 7) is 11.0. The summed E-state index contributed by atoms with van der Waals surface area (Å²) < 4.78 is 0. The van der Waals surface area contributed by atoms with Crippen molar-refractivity contribution < 1.29 is 0 Å². The lowest BCUT2D eigenvalue weighted by Crippen LogP contribution is -2.42. The monoisotopic (exact) mass is 253 g/mol. The fourth-order valence-corrected chi connectivity index (χ4v) is 3.41. The van der Waals surface area contributed by atoms with Gasteiger partial charge in [-0.3, -0.25) is 4.90 Å². The van der Waals surface area contributed by atoms with Crippen LogP contribution in [0.1, 0.15) is 35.3 Å². The molecule has 1 aliphatic rings. The maximum absolute atomic E-state index is 4.65. The minimum absolute atomic E-state index is 0.741. The molecule has 0 unspecified atom stereocenters. The first-order valence-corrected chi connectivity index (χ1v) is 7.40. The zero-order chi connectivity index (χ0) is 12.3. The molecule has 0 aliphatic carbocycles. The SMILES string of the molecule is CCN(Cc1nc(C)c(C)s1)C1CCNCC1. The van der Waals surface area contributed by atoms with Gasteiger partial charge in [-0.2, -0.15) is 0 Å². The Labute approximate surface area is 108 Å². The molecule has 1 fully saturated rings. The molecule has 2 heterocycles. The van der Waals surface area contributed by atoms with E-state index in [1.807, 2.05) is 11.3 Å². The summed E-state index contributed by atoms with van der Waals surface area (Å²) in [5.74, 6) is 0. The van der Waals surface area contributed by atoms with Gasteiger partial charge in [0.1, 0.15) is 5.01 Å². The highest BCUT2D eigenvalue weighted by atomic mass is 32.1. The van der Waals surface area contributed by atoms with Crippen molar-refractivity contribution in [1.29, 1.82) is 0 Å². The van der Waals surface area contributed by atoms with Crippen LogP contribution in [0, 0.1) is 13.8 Å². The number of hydrogen-bond acceptors (Lipinski definition) is 4. The van der Waals surface area contributed by atoms with E-state index in [4.69, 9.17) is 0 Å². The molecule has 17 heavy (non-hydrogen) atoms. The molecule has 0 atom stereocenters. The van der Waals surface area contributed by atoms with Crippen molar-refractivity contribution in [3.05, 3.63) is 15.6 Å². The molecule has 0 bridgehead atoms. The number of nitrogens with zero attached hydrogens (tertiary/aromatic N) is 2. The van der Waals surface area contributed by atoms with Gasteiger partial charge in [-0.05, 0) is 46.3 Å². The number of rotatable bonds is 4. The third kappa shape index (κ3) is 3.27. The Morgan fingerprint density at radius 2 is 2.06 bits per heavy atom. The summed E-state index contributed by atoms with van der Waals surface area (Å²) in [4.78, 5) is 8.60. The van der Waals surface area contributed by atoms with Crippen molar-refractivity contribution in [1.82, 2.24) is 15.2 Å². The number of thiazole rings is 1. The third-order valence-corrected chi connectivity index (χ3v) is 4.70. The molecular weight excluding hydrogens is 230 g/mol. The fraction of sp³-hybridized carbons (Fsp3) is 0.769. The first-order valence-electron chi connectivity index (χ1n) is 6.58. The molecule has 0 spiro atoms. The second kappa shape index (κ2) is 5.94. The summed E-state index contributed by atoms with van der Waals surface area (Å²) in [6, 6.07) is 0.741. The smallest absolute Gasteiger partial charge is 0.107 e. The second-order valence-electron chi connectivity index (χ2n) is 4.79. The minimum Gasteiger partial charge on any atom is -0.317 e. The van der Waals surface area contributed by atoms with Crippen molar-refractivity contribution in [3.63, 3.8) is 0 Å². The van der Waals surface area contributed by atoms with Gasteiger partial charge in [0, 0.05) is 10.9 Å². The lowest BCUT2D eigenvalue weighted by atomic mass is 10.1. The second-order valence-corrected chi connectivity index (χ2v) is 6.08. The topological polar surface area (TPSA) is 28.2 Å². The van der Waals surface area contributed by atoms with E-state index < -0.39 is 0 Å². The first kappa shape index (κ1) is 13.0. The van der Waals surface area contributed by atoms with Crippen molar-refractivity contribution >= 4 is 11.3 Å². The van der Waals surface area contributed by atoms with Crippen molar-refractivity contribution in [2.24, 2.45) is 0 Å². The van der Waals surface area contributed by atoms with Crippen LogP contribution in [0.5, 0.6) is 0 Å². The highest BCUT2D eigenvalue weighted by Gasteiger charge is 2.20. The molecule has 0 radical (unpaired) electrons. The van der Waals surface area contributed by atoms with Gasteiger partial charge in [0.15, 0.2) is 0 Å². The zero-order valence-electron chi connectivity index (χ0n) is 11.1. The highest BCUT2D eigenvalue weighted by molar-refractivity contribution is 7.11. The molecule has 1 aromatic heterocycles. The van der Waals surface area contributed by atoms with Crippen LogP contribution in [0.25, 0.3) is 0 Å². The standard InChI is InChI=1S/C13H23N3S/c1-4-16(12-5-7-14-8-6-12)9-13-15-10(2)11(3)17-13/h12,14H,4-9H2,1-3H3. The van der Waals surface area contributed by atoms with E-state index in [0.29, 0.717) is 0 Å². The molecule has 1 N–H and O–H groups in total. The largest absolute Gasteiger partial charge is 0.317 e. The van der Waals surface area contributed by atoms with Crippen LogP contribution in [0.2, 0.25) is 0 Å². The van der Waals surface area contributed by atoms with Crippen LogP contribution in [-0.4, -0.2) is 35.6 Å². The van der Waals surface area contributed by atoms with Crippen molar-refractivity contribution in [3.8, 4) is 0 Å². The van der Waals surface area contributed by atoms with E-state index >= 15 is 0 Å². The average Bonchev–Trinajstić information content (AvgIpc) is 2.67. The van der Waals surface area contributed by atoms with E-state index in [2.05, 4.69) is 36.0 Å². The van der Waals surface area contributed by atoms with Crippen LogP contribution < -0.4 is 5.32 Å². The quantitative estimate of drug-likeness (QED) is 0.892. The van der Waals surface area contributed by atoms with Crippen molar-refractivity contribution in [2.75, 3.05) is 19.6 Å². The zero-order valence-corrected chi connectivity index (χ0v) is 11.9. The summed E-state index contributed by atoms with van der Waals surface area (Å²) in [7, 11) is 0. The predicted molar refractivity (Wildman–Crippen MR) is 73.6 cm³/mol. The van der Waals surface area contributed by atoms with Gasteiger partial charge in [-0.15, -0.1) is 11.3 Å². The Morgan fingerprint density at radius 1 is 1.35 bits per heavy atom. The predicted octanol–water partition coefficient (Wildman–Crippen LogP) is 2.33. The van der Waals surface area contributed by atoms with Crippen LogP contribution in [0.4, 0.5) is 0 Å². The molecule has 4 heteroatoms. The van der Waals surface area contributed by atoms with Gasteiger partial charge in [0.05, 0.1) is 12.2 Å². The van der Waals surface area contributed by atoms with E-state index in [1.165, 1.54) is 28.4 Å². The molecule has 0 amide bonds. The maximum atomic E-state index is 4.65. The summed E-state index contributed by atoms with van der Waals surface area (Å²) in [5, 5.41) is 4.71. The maximum Gasteiger partial charge on any atom is 0.107 e. The van der Waals surface area contributed by atoms with Crippen LogP contribution >= 0.6 is 11.3 Å². The molecule has 1 aliphatic heterocycles. The van der Waals surface area contributed by atoms with Crippen LogP contribution in [0.15, 0.2) is 0 Å². The molecular formula is C13H23N3S. The fourth-order valence-electron chi connectivity index (χ4n) is 2.45. The van der Waals surface area contributed by atoms with Crippen molar-refractivity contribution in [2.45, 2.75) is 46.2 Å². The summed E-state index contributed by atoms with van der Waals surface area (Å²) in [5.41, 5.74) is 1.20. The highest BCUT2D eigenvalue weighted by Crippen LogP contribution is 2.21. The van der Waals surface area contributed by atoms with Gasteiger partial charge in [-0.25, -0.2) is 4.98 Å². The minimum atomic E-state index is 0.741. The van der Waals surface area contributed by atoms with Gasteiger partial charge >= 0.3 is 0 Å². The molecule has 0 saturated carbocycles. The van der Waals surface area contributed by atoms with E-state index in [9.17, 15) is 0 Å². The van der Waals surface area contributed by atoms with Gasteiger partial charge < -0.3 is 5.32 Å². The van der Waals surface area contributed by atoms with Gasteiger partial charge in [-0.1, -0.05) is 6.92 Å². The molecule has 1 aromatic rings. The Morgan fingerprint density at radius 3 is 2.59 bits per heavy atom. The van der Waals surface area contributed by atoms with E-state index in [0.717, 1.165) is 32.2 Å². The van der Waals surface area contributed by atoms with E-state index in [-0.39, 0.29) is 0 Å². The van der Waals surface area contributed by atoms with Crippen LogP contribution in [0.3, 0.4) is 0 Å². The lowest BCUT2D eigenvalue weighted by Gasteiger charge is -2.33. The average molecular weight is 253 g/mol. The Balaban J connectivity index is 1.98. The molecule has 3 nitrogen and oxygen atoms in total. The molecule has 1 saturated heterocycles. The van der Waals surface area contributed by atoms with E-state index in [1.54, 1.807) is 0 Å². The first-order chi connectivity index (χ1) is 8.20. The van der Waals surface area contributed by atoms with Crippen LogP contribution in [-0.2, 0) is 6.54 Å². The number of hydrogen-bond donors (Lipinski definition) is 1. The molecule has 96 valence electrons.